The lowest BCUT2D eigenvalue weighted by Gasteiger charge is -2.14. The fourth-order valence-corrected chi connectivity index (χ4v) is 2.07. The maximum absolute atomic E-state index is 11.2. The average Bonchev–Trinajstić information content (AvgIpc) is 2.52. The standard InChI is InChI=1S/C10H15ClN2OS/c1-10(2,3)7-6-15-9(12-7)13-8(14)4-5-11/h6H,4-5H2,1-3H3,(H,12,13,14). The van der Waals surface area contributed by atoms with Gasteiger partial charge in [-0.3, -0.25) is 4.79 Å². The van der Waals surface area contributed by atoms with Gasteiger partial charge >= 0.3 is 0 Å². The first kappa shape index (κ1) is 12.5. The third-order valence-electron chi connectivity index (χ3n) is 1.84. The molecule has 0 aromatic carbocycles. The lowest BCUT2D eigenvalue weighted by Crippen LogP contribution is -2.14. The Kier molecular flexibility index (Phi) is 4.11. The molecular weight excluding hydrogens is 232 g/mol. The van der Waals surface area contributed by atoms with Crippen LogP contribution in [0.5, 0.6) is 0 Å². The fourth-order valence-electron chi connectivity index (χ4n) is 0.943. The number of aromatic nitrogens is 1. The fraction of sp³-hybridized carbons (Fsp3) is 0.600. The summed E-state index contributed by atoms with van der Waals surface area (Å²) in [5.74, 6) is 0.253. The van der Waals surface area contributed by atoms with Gasteiger partial charge in [0.1, 0.15) is 0 Å². The summed E-state index contributed by atoms with van der Waals surface area (Å²) in [5.41, 5.74) is 1.01. The van der Waals surface area contributed by atoms with Crippen molar-refractivity contribution in [2.24, 2.45) is 0 Å². The minimum absolute atomic E-state index is 0.0198. The number of rotatable bonds is 3. The molecule has 0 aliphatic carbocycles. The number of amides is 1. The second-order valence-corrected chi connectivity index (χ2v) is 5.51. The molecule has 0 fully saturated rings. The molecule has 0 aliphatic heterocycles. The van der Waals surface area contributed by atoms with Crippen LogP contribution in [0.25, 0.3) is 0 Å². The molecule has 15 heavy (non-hydrogen) atoms. The number of nitrogens with one attached hydrogen (secondary N) is 1. The minimum Gasteiger partial charge on any atom is -0.302 e. The lowest BCUT2D eigenvalue weighted by molar-refractivity contribution is -0.115. The number of alkyl halides is 1. The second-order valence-electron chi connectivity index (χ2n) is 4.28. The van der Waals surface area contributed by atoms with Gasteiger partial charge in [0.2, 0.25) is 5.91 Å². The normalized spacial score (nSPS) is 11.5. The Morgan fingerprint density at radius 3 is 2.73 bits per heavy atom. The molecule has 0 unspecified atom stereocenters. The Labute approximate surface area is 98.9 Å². The number of halogens is 1. The van der Waals surface area contributed by atoms with Crippen molar-refractivity contribution in [3.8, 4) is 0 Å². The summed E-state index contributed by atoms with van der Waals surface area (Å²) in [6.07, 6.45) is 0.325. The van der Waals surface area contributed by atoms with E-state index in [0.29, 0.717) is 17.4 Å². The van der Waals surface area contributed by atoms with E-state index in [-0.39, 0.29) is 11.3 Å². The molecule has 1 amide bonds. The van der Waals surface area contributed by atoms with E-state index in [1.54, 1.807) is 0 Å². The largest absolute Gasteiger partial charge is 0.302 e. The first-order chi connectivity index (χ1) is 6.93. The van der Waals surface area contributed by atoms with Gasteiger partial charge in [-0.15, -0.1) is 22.9 Å². The highest BCUT2D eigenvalue weighted by atomic mass is 35.5. The van der Waals surface area contributed by atoms with Crippen LogP contribution >= 0.6 is 22.9 Å². The molecule has 1 aromatic heterocycles. The molecule has 0 bridgehead atoms. The van der Waals surface area contributed by atoms with Gasteiger partial charge in [0.25, 0.3) is 0 Å². The van der Waals surface area contributed by atoms with Crippen LogP contribution in [0.1, 0.15) is 32.9 Å². The van der Waals surface area contributed by atoms with Crippen molar-refractivity contribution < 1.29 is 4.79 Å². The average molecular weight is 247 g/mol. The van der Waals surface area contributed by atoms with Crippen LogP contribution in [-0.2, 0) is 10.2 Å². The third kappa shape index (κ3) is 3.80. The number of nitrogens with zero attached hydrogens (tertiary/aromatic N) is 1. The molecule has 5 heteroatoms. The van der Waals surface area contributed by atoms with Crippen LogP contribution in [0.2, 0.25) is 0 Å². The Hall–Kier alpha value is -0.610. The van der Waals surface area contributed by atoms with Crippen LogP contribution in [0, 0.1) is 0 Å². The zero-order chi connectivity index (χ0) is 11.5. The number of carbonyl (C=O) groups is 1. The molecule has 0 atom stereocenters. The summed E-state index contributed by atoms with van der Waals surface area (Å²) >= 11 is 6.91. The van der Waals surface area contributed by atoms with Gasteiger partial charge in [0.05, 0.1) is 5.69 Å². The maximum atomic E-state index is 11.2. The summed E-state index contributed by atoms with van der Waals surface area (Å²) < 4.78 is 0. The Morgan fingerprint density at radius 1 is 1.60 bits per heavy atom. The van der Waals surface area contributed by atoms with E-state index in [2.05, 4.69) is 31.1 Å². The molecular formula is C10H15ClN2OS. The summed E-state index contributed by atoms with van der Waals surface area (Å²) in [6, 6.07) is 0. The zero-order valence-corrected chi connectivity index (χ0v) is 10.7. The third-order valence-corrected chi connectivity index (χ3v) is 2.79. The maximum Gasteiger partial charge on any atom is 0.227 e. The minimum atomic E-state index is -0.0835. The van der Waals surface area contributed by atoms with Gasteiger partial charge in [-0.05, 0) is 0 Å². The Bertz CT molecular complexity index is 343. The predicted molar refractivity (Wildman–Crippen MR) is 64.8 cm³/mol. The highest BCUT2D eigenvalue weighted by Gasteiger charge is 2.17. The van der Waals surface area contributed by atoms with E-state index < -0.39 is 0 Å². The Morgan fingerprint density at radius 2 is 2.27 bits per heavy atom. The van der Waals surface area contributed by atoms with E-state index in [4.69, 9.17) is 11.6 Å². The predicted octanol–water partition coefficient (Wildman–Crippen LogP) is 3.01. The molecule has 0 spiro atoms. The van der Waals surface area contributed by atoms with Crippen molar-refractivity contribution in [3.05, 3.63) is 11.1 Å². The topological polar surface area (TPSA) is 42.0 Å². The van der Waals surface area contributed by atoms with Crippen molar-refractivity contribution in [2.75, 3.05) is 11.2 Å². The smallest absolute Gasteiger partial charge is 0.227 e. The molecule has 0 saturated carbocycles. The molecule has 0 saturated heterocycles. The molecule has 1 rings (SSSR count). The monoisotopic (exact) mass is 246 g/mol. The summed E-state index contributed by atoms with van der Waals surface area (Å²) in [7, 11) is 0. The summed E-state index contributed by atoms with van der Waals surface area (Å²) in [5, 5.41) is 5.34. The SMILES string of the molecule is CC(C)(C)c1csc(NC(=O)CCCl)n1. The molecule has 1 N–H and O–H groups in total. The molecule has 1 heterocycles. The molecule has 3 nitrogen and oxygen atoms in total. The van der Waals surface area contributed by atoms with Crippen LogP contribution in [0.3, 0.4) is 0 Å². The van der Waals surface area contributed by atoms with Gasteiger partial charge in [0.15, 0.2) is 5.13 Å². The lowest BCUT2D eigenvalue weighted by atomic mass is 9.93. The van der Waals surface area contributed by atoms with Gasteiger partial charge < -0.3 is 5.32 Å². The van der Waals surface area contributed by atoms with Gasteiger partial charge in [-0.25, -0.2) is 4.98 Å². The first-order valence-electron chi connectivity index (χ1n) is 4.75. The number of hydrogen-bond acceptors (Lipinski definition) is 3. The van der Waals surface area contributed by atoms with Crippen molar-refractivity contribution >= 4 is 34.0 Å². The van der Waals surface area contributed by atoms with Gasteiger partial charge in [0, 0.05) is 23.1 Å². The molecule has 1 aromatic rings. The van der Waals surface area contributed by atoms with E-state index in [0.717, 1.165) is 5.69 Å². The van der Waals surface area contributed by atoms with Crippen LogP contribution in [0.4, 0.5) is 5.13 Å². The van der Waals surface area contributed by atoms with Crippen molar-refractivity contribution in [1.29, 1.82) is 0 Å². The van der Waals surface area contributed by atoms with Crippen molar-refractivity contribution in [2.45, 2.75) is 32.6 Å². The van der Waals surface area contributed by atoms with Crippen molar-refractivity contribution in [1.82, 2.24) is 4.98 Å². The van der Waals surface area contributed by atoms with Crippen molar-refractivity contribution in [3.63, 3.8) is 0 Å². The van der Waals surface area contributed by atoms with Crippen LogP contribution in [-0.4, -0.2) is 16.8 Å². The second kappa shape index (κ2) is 4.94. The number of hydrogen-bond donors (Lipinski definition) is 1. The van der Waals surface area contributed by atoms with E-state index in [1.807, 2.05) is 5.38 Å². The molecule has 84 valence electrons. The summed E-state index contributed by atoms with van der Waals surface area (Å²) in [4.78, 5) is 15.6. The van der Waals surface area contributed by atoms with E-state index in [9.17, 15) is 4.79 Å². The van der Waals surface area contributed by atoms with Crippen LogP contribution < -0.4 is 5.32 Å². The number of thiazole rings is 1. The zero-order valence-electron chi connectivity index (χ0n) is 9.13. The number of anilines is 1. The Balaban J connectivity index is 2.65. The molecule has 0 aliphatic rings. The molecule has 0 radical (unpaired) electrons. The van der Waals surface area contributed by atoms with E-state index >= 15 is 0 Å². The summed E-state index contributed by atoms with van der Waals surface area (Å²) in [6.45, 7) is 6.27. The highest BCUT2D eigenvalue weighted by Crippen LogP contribution is 2.26. The highest BCUT2D eigenvalue weighted by molar-refractivity contribution is 7.13. The number of carbonyl (C=O) groups excluding carboxylic acids is 1. The first-order valence-corrected chi connectivity index (χ1v) is 6.16. The van der Waals surface area contributed by atoms with Gasteiger partial charge in [-0.1, -0.05) is 20.8 Å². The van der Waals surface area contributed by atoms with Crippen LogP contribution in [0.15, 0.2) is 5.38 Å². The van der Waals surface area contributed by atoms with Gasteiger partial charge in [-0.2, -0.15) is 0 Å². The van der Waals surface area contributed by atoms with E-state index in [1.165, 1.54) is 11.3 Å². The quantitative estimate of drug-likeness (QED) is 0.833.